The van der Waals surface area contributed by atoms with E-state index in [1.165, 1.54) is 0 Å². The lowest BCUT2D eigenvalue weighted by atomic mass is 9.87. The first kappa shape index (κ1) is 23.4. The first-order valence-electron chi connectivity index (χ1n) is 10.6. The molecule has 1 heterocycles. The topological polar surface area (TPSA) is 66.8 Å². The SMILES string of the molecule is C[C@H]1[C@@H](c2ccccc2)OC(=O)N1C(=O)[C@@H]([C@@H](O)c1ccc(Cl)cc1)[C@@H](S)c1ccccc1. The molecule has 170 valence electrons. The van der Waals surface area contributed by atoms with E-state index in [9.17, 15) is 14.7 Å². The van der Waals surface area contributed by atoms with Gasteiger partial charge in [0.15, 0.2) is 0 Å². The van der Waals surface area contributed by atoms with Gasteiger partial charge in [-0.15, -0.1) is 0 Å². The summed E-state index contributed by atoms with van der Waals surface area (Å²) in [6.45, 7) is 1.77. The van der Waals surface area contributed by atoms with Crippen molar-refractivity contribution in [3.63, 3.8) is 0 Å². The summed E-state index contributed by atoms with van der Waals surface area (Å²) in [5.41, 5.74) is 2.06. The van der Waals surface area contributed by atoms with Crippen molar-refractivity contribution in [1.29, 1.82) is 0 Å². The minimum Gasteiger partial charge on any atom is -0.439 e. The molecule has 7 heteroatoms. The molecule has 3 aromatic rings. The van der Waals surface area contributed by atoms with Crippen LogP contribution in [-0.4, -0.2) is 28.0 Å². The van der Waals surface area contributed by atoms with E-state index >= 15 is 0 Å². The molecule has 5 atom stereocenters. The fourth-order valence-electron chi connectivity index (χ4n) is 4.17. The number of thiol groups is 1. The van der Waals surface area contributed by atoms with Crippen LogP contribution in [-0.2, 0) is 9.53 Å². The third-order valence-electron chi connectivity index (χ3n) is 5.95. The molecule has 1 saturated heterocycles. The molecule has 3 aromatic carbocycles. The van der Waals surface area contributed by atoms with Gasteiger partial charge in [0.1, 0.15) is 6.10 Å². The van der Waals surface area contributed by atoms with Crippen LogP contribution in [0, 0.1) is 5.92 Å². The Morgan fingerprint density at radius 3 is 2.15 bits per heavy atom. The van der Waals surface area contributed by atoms with E-state index in [4.69, 9.17) is 29.0 Å². The average Bonchev–Trinajstić information content (AvgIpc) is 3.14. The number of amides is 2. The summed E-state index contributed by atoms with van der Waals surface area (Å²) in [5.74, 6) is -1.58. The monoisotopic (exact) mass is 481 g/mol. The van der Waals surface area contributed by atoms with Gasteiger partial charge in [-0.05, 0) is 35.7 Å². The van der Waals surface area contributed by atoms with Crippen LogP contribution in [0.1, 0.15) is 41.1 Å². The van der Waals surface area contributed by atoms with Crippen molar-refractivity contribution in [2.45, 2.75) is 30.4 Å². The zero-order chi connectivity index (χ0) is 23.5. The number of carbonyl (C=O) groups is 2. The van der Waals surface area contributed by atoms with Gasteiger partial charge < -0.3 is 9.84 Å². The molecule has 1 aliphatic rings. The molecule has 0 saturated carbocycles. The number of rotatable bonds is 6. The lowest BCUT2D eigenvalue weighted by Crippen LogP contribution is -2.44. The zero-order valence-corrected chi connectivity index (χ0v) is 19.6. The van der Waals surface area contributed by atoms with Crippen molar-refractivity contribution in [1.82, 2.24) is 4.90 Å². The van der Waals surface area contributed by atoms with Crippen molar-refractivity contribution in [2.24, 2.45) is 5.92 Å². The molecule has 0 radical (unpaired) electrons. The zero-order valence-electron chi connectivity index (χ0n) is 17.9. The number of ether oxygens (including phenoxy) is 1. The summed E-state index contributed by atoms with van der Waals surface area (Å²) in [6.07, 6.45) is -2.54. The molecule has 0 aromatic heterocycles. The smallest absolute Gasteiger partial charge is 0.417 e. The van der Waals surface area contributed by atoms with E-state index in [0.717, 1.165) is 16.0 Å². The van der Waals surface area contributed by atoms with Crippen molar-refractivity contribution >= 4 is 36.2 Å². The van der Waals surface area contributed by atoms with Gasteiger partial charge in [0, 0.05) is 10.3 Å². The molecule has 0 spiro atoms. The Hall–Kier alpha value is -2.80. The third-order valence-corrected chi connectivity index (χ3v) is 6.82. The van der Waals surface area contributed by atoms with Gasteiger partial charge in [-0.1, -0.05) is 84.4 Å². The third kappa shape index (κ3) is 4.78. The van der Waals surface area contributed by atoms with Crippen LogP contribution < -0.4 is 0 Å². The van der Waals surface area contributed by atoms with Crippen molar-refractivity contribution in [2.75, 3.05) is 0 Å². The molecule has 5 nitrogen and oxygen atoms in total. The highest BCUT2D eigenvalue weighted by Gasteiger charge is 2.48. The standard InChI is InChI=1S/C26H24ClNO4S/c1-16-23(18-8-4-2-5-9-18)32-26(31)28(16)25(30)21(24(33)19-10-6-3-7-11-19)22(29)17-12-14-20(27)15-13-17/h2-16,21-24,29,33H,1H3/t16-,21-,22-,23-,24-/m0/s1. The molecule has 2 amide bonds. The number of benzene rings is 3. The normalized spacial score (nSPS) is 20.7. The molecule has 1 N–H and O–H groups in total. The molecule has 0 aliphatic carbocycles. The predicted molar refractivity (Wildman–Crippen MR) is 130 cm³/mol. The van der Waals surface area contributed by atoms with Crippen LogP contribution >= 0.6 is 24.2 Å². The van der Waals surface area contributed by atoms with Crippen LogP contribution in [0.3, 0.4) is 0 Å². The molecule has 1 fully saturated rings. The van der Waals surface area contributed by atoms with Crippen LogP contribution in [0.4, 0.5) is 4.79 Å². The fraction of sp³-hybridized carbons (Fsp3) is 0.231. The minimum atomic E-state index is -1.21. The second-order valence-corrected chi connectivity index (χ2v) is 9.03. The molecule has 0 unspecified atom stereocenters. The van der Waals surface area contributed by atoms with E-state index in [1.807, 2.05) is 60.7 Å². The maximum absolute atomic E-state index is 13.8. The number of hydrogen-bond donors (Lipinski definition) is 2. The summed E-state index contributed by atoms with van der Waals surface area (Å²) in [6, 6.07) is 24.6. The minimum absolute atomic E-state index is 0.507. The summed E-state index contributed by atoms with van der Waals surface area (Å²) in [7, 11) is 0. The summed E-state index contributed by atoms with van der Waals surface area (Å²) in [5, 5.41) is 11.1. The maximum atomic E-state index is 13.8. The number of carbonyl (C=O) groups excluding carboxylic acids is 2. The van der Waals surface area contributed by atoms with E-state index in [0.29, 0.717) is 10.6 Å². The molecule has 1 aliphatic heterocycles. The van der Waals surface area contributed by atoms with Gasteiger partial charge in [0.2, 0.25) is 5.91 Å². The fourth-order valence-corrected chi connectivity index (χ4v) is 4.76. The summed E-state index contributed by atoms with van der Waals surface area (Å²) < 4.78 is 5.57. The highest BCUT2D eigenvalue weighted by Crippen LogP contribution is 2.41. The Labute approximate surface area is 203 Å². The first-order valence-corrected chi connectivity index (χ1v) is 11.5. The second-order valence-electron chi connectivity index (χ2n) is 8.04. The Kier molecular flexibility index (Phi) is 7.08. The lowest BCUT2D eigenvalue weighted by molar-refractivity contribution is -0.137. The van der Waals surface area contributed by atoms with Crippen LogP contribution in [0.5, 0.6) is 0 Å². The van der Waals surface area contributed by atoms with Crippen molar-refractivity contribution in [3.05, 3.63) is 107 Å². The van der Waals surface area contributed by atoms with Gasteiger partial charge in [0.25, 0.3) is 0 Å². The van der Waals surface area contributed by atoms with Crippen molar-refractivity contribution < 1.29 is 19.4 Å². The van der Waals surface area contributed by atoms with E-state index < -0.39 is 41.4 Å². The number of halogens is 1. The van der Waals surface area contributed by atoms with Gasteiger partial charge in [-0.25, -0.2) is 9.69 Å². The van der Waals surface area contributed by atoms with E-state index in [2.05, 4.69) is 0 Å². The van der Waals surface area contributed by atoms with Crippen molar-refractivity contribution in [3.8, 4) is 0 Å². The quantitative estimate of drug-likeness (QED) is 0.439. The summed E-state index contributed by atoms with van der Waals surface area (Å²) >= 11 is 10.7. The molecule has 33 heavy (non-hydrogen) atoms. The number of aliphatic hydroxyl groups excluding tert-OH is 1. The van der Waals surface area contributed by atoms with Crippen LogP contribution in [0.25, 0.3) is 0 Å². The number of imide groups is 1. The Morgan fingerprint density at radius 2 is 1.55 bits per heavy atom. The summed E-state index contributed by atoms with van der Waals surface area (Å²) in [4.78, 5) is 27.8. The van der Waals surface area contributed by atoms with Gasteiger partial charge in [-0.3, -0.25) is 4.79 Å². The molecular weight excluding hydrogens is 458 g/mol. The molecule has 4 rings (SSSR count). The predicted octanol–water partition coefficient (Wildman–Crippen LogP) is 5.77. The highest BCUT2D eigenvalue weighted by atomic mass is 35.5. The second kappa shape index (κ2) is 10.00. The number of cyclic esters (lactones) is 1. The van der Waals surface area contributed by atoms with Gasteiger partial charge >= 0.3 is 6.09 Å². The Morgan fingerprint density at radius 1 is 0.970 bits per heavy atom. The maximum Gasteiger partial charge on any atom is 0.417 e. The lowest BCUT2D eigenvalue weighted by Gasteiger charge is -2.31. The first-order chi connectivity index (χ1) is 15.9. The molecular formula is C26H24ClNO4S. The number of aliphatic hydroxyl groups is 1. The Bertz CT molecular complexity index is 1110. The van der Waals surface area contributed by atoms with Gasteiger partial charge in [-0.2, -0.15) is 12.6 Å². The van der Waals surface area contributed by atoms with E-state index in [-0.39, 0.29) is 0 Å². The molecule has 0 bridgehead atoms. The van der Waals surface area contributed by atoms with E-state index in [1.54, 1.807) is 31.2 Å². The van der Waals surface area contributed by atoms with Crippen LogP contribution in [0.15, 0.2) is 84.9 Å². The van der Waals surface area contributed by atoms with Crippen LogP contribution in [0.2, 0.25) is 5.02 Å². The highest BCUT2D eigenvalue weighted by molar-refractivity contribution is 7.80. The number of hydrogen-bond acceptors (Lipinski definition) is 5. The van der Waals surface area contributed by atoms with Gasteiger partial charge in [0.05, 0.1) is 18.1 Å². The average molecular weight is 482 g/mol. The Balaban J connectivity index is 1.69. The number of nitrogens with zero attached hydrogens (tertiary/aromatic N) is 1. The largest absolute Gasteiger partial charge is 0.439 e.